The maximum absolute atomic E-state index is 10.6. The molecule has 0 aromatic rings. The smallest absolute Gasteiger partial charge is 0.151 e. The number of ketones is 1. The van der Waals surface area contributed by atoms with Crippen molar-refractivity contribution in [2.24, 2.45) is 0 Å². The number of rotatable bonds is 6. The van der Waals surface area contributed by atoms with Crippen molar-refractivity contribution in [2.75, 3.05) is 20.1 Å². The van der Waals surface area contributed by atoms with Crippen LogP contribution in [0.5, 0.6) is 0 Å². The number of aliphatic hydroxyl groups is 2. The van der Waals surface area contributed by atoms with E-state index in [0.29, 0.717) is 19.4 Å². The number of hydrogen-bond acceptors (Lipinski definition) is 4. The first-order valence-electron chi connectivity index (χ1n) is 4.06. The standard InChI is InChI=1S/C8H17NO3/c1-7(10)6-9(2)5-3-4-8(11)12/h8,11-12H,3-6H2,1-2H3. The Morgan fingerprint density at radius 3 is 2.50 bits per heavy atom. The Morgan fingerprint density at radius 1 is 1.50 bits per heavy atom. The van der Waals surface area contributed by atoms with E-state index in [1.807, 2.05) is 11.9 Å². The van der Waals surface area contributed by atoms with Gasteiger partial charge in [-0.2, -0.15) is 0 Å². The monoisotopic (exact) mass is 175 g/mol. The van der Waals surface area contributed by atoms with Crippen LogP contribution in [0.4, 0.5) is 0 Å². The Balaban J connectivity index is 3.31. The van der Waals surface area contributed by atoms with Crippen LogP contribution in [-0.2, 0) is 4.79 Å². The minimum atomic E-state index is -1.23. The van der Waals surface area contributed by atoms with E-state index in [1.54, 1.807) is 0 Å². The van der Waals surface area contributed by atoms with Crippen LogP contribution in [0.2, 0.25) is 0 Å². The third-order valence-electron chi connectivity index (χ3n) is 1.49. The van der Waals surface area contributed by atoms with Crippen LogP contribution in [0.1, 0.15) is 19.8 Å². The summed E-state index contributed by atoms with van der Waals surface area (Å²) >= 11 is 0. The van der Waals surface area contributed by atoms with E-state index in [-0.39, 0.29) is 5.78 Å². The molecule has 0 fully saturated rings. The minimum Gasteiger partial charge on any atom is -0.368 e. The van der Waals surface area contributed by atoms with Crippen molar-refractivity contribution in [1.82, 2.24) is 4.90 Å². The van der Waals surface area contributed by atoms with E-state index >= 15 is 0 Å². The van der Waals surface area contributed by atoms with Gasteiger partial charge in [0.15, 0.2) is 6.29 Å². The van der Waals surface area contributed by atoms with Crippen molar-refractivity contribution in [3.05, 3.63) is 0 Å². The van der Waals surface area contributed by atoms with Gasteiger partial charge in [0, 0.05) is 0 Å². The molecular formula is C8H17NO3. The molecule has 0 atom stereocenters. The molecule has 0 radical (unpaired) electrons. The zero-order chi connectivity index (χ0) is 9.56. The molecule has 72 valence electrons. The lowest BCUT2D eigenvalue weighted by Gasteiger charge is -2.14. The minimum absolute atomic E-state index is 0.127. The lowest BCUT2D eigenvalue weighted by molar-refractivity contribution is -0.117. The second-order valence-electron chi connectivity index (χ2n) is 3.06. The topological polar surface area (TPSA) is 60.8 Å². The lowest BCUT2D eigenvalue weighted by atomic mass is 10.3. The lowest BCUT2D eigenvalue weighted by Crippen LogP contribution is -2.26. The Morgan fingerprint density at radius 2 is 2.08 bits per heavy atom. The number of carbonyl (C=O) groups excluding carboxylic acids is 1. The summed E-state index contributed by atoms with van der Waals surface area (Å²) in [6.07, 6.45) is -0.167. The maximum Gasteiger partial charge on any atom is 0.151 e. The largest absolute Gasteiger partial charge is 0.368 e. The van der Waals surface area contributed by atoms with Gasteiger partial charge in [0.05, 0.1) is 6.54 Å². The van der Waals surface area contributed by atoms with Crippen LogP contribution in [-0.4, -0.2) is 47.3 Å². The molecule has 0 aromatic heterocycles. The van der Waals surface area contributed by atoms with E-state index in [1.165, 1.54) is 6.92 Å². The first-order valence-corrected chi connectivity index (χ1v) is 4.06. The fraction of sp³-hybridized carbons (Fsp3) is 0.875. The van der Waals surface area contributed by atoms with Crippen molar-refractivity contribution in [3.8, 4) is 0 Å². The van der Waals surface area contributed by atoms with Crippen molar-refractivity contribution in [1.29, 1.82) is 0 Å². The fourth-order valence-electron chi connectivity index (χ4n) is 1.00. The summed E-state index contributed by atoms with van der Waals surface area (Å²) in [6.45, 7) is 2.69. The Labute approximate surface area is 72.8 Å². The summed E-state index contributed by atoms with van der Waals surface area (Å²) < 4.78 is 0. The highest BCUT2D eigenvalue weighted by Gasteiger charge is 2.02. The first-order chi connectivity index (χ1) is 5.52. The second-order valence-corrected chi connectivity index (χ2v) is 3.06. The van der Waals surface area contributed by atoms with Gasteiger partial charge < -0.3 is 10.2 Å². The SMILES string of the molecule is CC(=O)CN(C)CCCC(O)O. The fourth-order valence-corrected chi connectivity index (χ4v) is 1.00. The molecule has 0 aliphatic carbocycles. The van der Waals surface area contributed by atoms with Crippen LogP contribution >= 0.6 is 0 Å². The predicted octanol–water partition coefficient (Wildman–Crippen LogP) is -0.402. The summed E-state index contributed by atoms with van der Waals surface area (Å²) in [4.78, 5) is 12.5. The number of aliphatic hydroxyl groups excluding tert-OH is 1. The van der Waals surface area contributed by atoms with E-state index < -0.39 is 6.29 Å². The molecule has 0 aliphatic rings. The summed E-state index contributed by atoms with van der Waals surface area (Å²) in [7, 11) is 1.84. The molecule has 4 heteroatoms. The molecule has 0 saturated heterocycles. The third kappa shape index (κ3) is 7.65. The van der Waals surface area contributed by atoms with Gasteiger partial charge in [-0.25, -0.2) is 0 Å². The molecule has 0 bridgehead atoms. The molecule has 0 aromatic carbocycles. The normalized spacial score (nSPS) is 11.2. The molecule has 2 N–H and O–H groups in total. The highest BCUT2D eigenvalue weighted by Crippen LogP contribution is 1.95. The van der Waals surface area contributed by atoms with E-state index in [4.69, 9.17) is 10.2 Å². The first kappa shape index (κ1) is 11.6. The number of Topliss-reactive ketones (excluding diaryl/α,β-unsaturated/α-hetero) is 1. The van der Waals surface area contributed by atoms with Crippen LogP contribution in [0.3, 0.4) is 0 Å². The van der Waals surface area contributed by atoms with Gasteiger partial charge in [0.25, 0.3) is 0 Å². The number of likely N-dealkylation sites (N-methyl/N-ethyl adjacent to an activating group) is 1. The van der Waals surface area contributed by atoms with Gasteiger partial charge >= 0.3 is 0 Å². The summed E-state index contributed by atoms with van der Waals surface area (Å²) in [5, 5.41) is 17.0. The van der Waals surface area contributed by atoms with E-state index in [0.717, 1.165) is 6.54 Å². The van der Waals surface area contributed by atoms with Crippen molar-refractivity contribution in [2.45, 2.75) is 26.1 Å². The Bertz CT molecular complexity index is 136. The Hall–Kier alpha value is -0.450. The molecule has 0 spiro atoms. The van der Waals surface area contributed by atoms with Gasteiger partial charge in [-0.15, -0.1) is 0 Å². The molecule has 0 aliphatic heterocycles. The number of hydrogen-bond donors (Lipinski definition) is 2. The zero-order valence-corrected chi connectivity index (χ0v) is 7.66. The average Bonchev–Trinajstić information content (AvgIpc) is 1.84. The molecule has 0 saturated carbocycles. The maximum atomic E-state index is 10.6. The summed E-state index contributed by atoms with van der Waals surface area (Å²) in [5.74, 6) is 0.127. The van der Waals surface area contributed by atoms with E-state index in [9.17, 15) is 4.79 Å². The molecule has 4 nitrogen and oxygen atoms in total. The quantitative estimate of drug-likeness (QED) is 0.539. The van der Waals surface area contributed by atoms with Crippen LogP contribution in [0.25, 0.3) is 0 Å². The van der Waals surface area contributed by atoms with Gasteiger partial charge in [-0.05, 0) is 33.4 Å². The second kappa shape index (κ2) is 6.11. The van der Waals surface area contributed by atoms with Gasteiger partial charge in [-0.3, -0.25) is 9.69 Å². The molecule has 0 unspecified atom stereocenters. The average molecular weight is 175 g/mol. The zero-order valence-electron chi connectivity index (χ0n) is 7.66. The molecular weight excluding hydrogens is 158 g/mol. The van der Waals surface area contributed by atoms with E-state index in [2.05, 4.69) is 0 Å². The molecule has 0 rings (SSSR count). The third-order valence-corrected chi connectivity index (χ3v) is 1.49. The van der Waals surface area contributed by atoms with Gasteiger partial charge in [0.2, 0.25) is 0 Å². The molecule has 0 heterocycles. The summed E-state index contributed by atoms with van der Waals surface area (Å²) in [5.41, 5.74) is 0. The van der Waals surface area contributed by atoms with Crippen molar-refractivity contribution < 1.29 is 15.0 Å². The predicted molar refractivity (Wildman–Crippen MR) is 45.6 cm³/mol. The molecule has 0 amide bonds. The highest BCUT2D eigenvalue weighted by atomic mass is 16.5. The van der Waals surface area contributed by atoms with Crippen LogP contribution < -0.4 is 0 Å². The highest BCUT2D eigenvalue weighted by molar-refractivity contribution is 5.77. The summed E-state index contributed by atoms with van der Waals surface area (Å²) in [6, 6.07) is 0. The number of nitrogens with zero attached hydrogens (tertiary/aromatic N) is 1. The van der Waals surface area contributed by atoms with Gasteiger partial charge in [-0.1, -0.05) is 0 Å². The van der Waals surface area contributed by atoms with Crippen molar-refractivity contribution in [3.63, 3.8) is 0 Å². The van der Waals surface area contributed by atoms with Crippen molar-refractivity contribution >= 4 is 5.78 Å². The van der Waals surface area contributed by atoms with Crippen LogP contribution in [0, 0.1) is 0 Å². The Kier molecular flexibility index (Phi) is 5.88. The molecule has 12 heavy (non-hydrogen) atoms. The number of carbonyl (C=O) groups is 1. The van der Waals surface area contributed by atoms with Gasteiger partial charge in [0.1, 0.15) is 5.78 Å². The van der Waals surface area contributed by atoms with Crippen LogP contribution in [0.15, 0.2) is 0 Å².